The first-order valence-corrected chi connectivity index (χ1v) is 8.30. The summed E-state index contributed by atoms with van der Waals surface area (Å²) in [6.45, 7) is 5.46. The number of nitrogens with zero attached hydrogens (tertiary/aromatic N) is 3. The monoisotopic (exact) mass is 327 g/mol. The zero-order chi connectivity index (χ0) is 17.4. The molecule has 0 saturated heterocycles. The lowest BCUT2D eigenvalue weighted by atomic mass is 10.2. The van der Waals surface area contributed by atoms with Crippen LogP contribution in [0.5, 0.6) is 0 Å². The lowest BCUT2D eigenvalue weighted by Crippen LogP contribution is -2.31. The third-order valence-corrected chi connectivity index (χ3v) is 4.60. The molecule has 0 N–H and O–H groups in total. The first kappa shape index (κ1) is 16.6. The molecule has 2 aromatic heterocycles. The number of benzene rings is 1. The van der Waals surface area contributed by atoms with Gasteiger partial charge >= 0.3 is 0 Å². The second kappa shape index (κ2) is 6.32. The van der Waals surface area contributed by atoms with Crippen LogP contribution in [0.25, 0.3) is 21.9 Å². The van der Waals surface area contributed by atoms with Crippen LogP contribution in [-0.2, 0) is 11.8 Å². The number of rotatable bonds is 5. The Morgan fingerprint density at radius 1 is 1.25 bits per heavy atom. The summed E-state index contributed by atoms with van der Waals surface area (Å²) in [5, 5.41) is 1.18. The van der Waals surface area contributed by atoms with Gasteiger partial charge in [0.1, 0.15) is 5.69 Å². The average molecular weight is 327 g/mol. The molecule has 0 fully saturated rings. The van der Waals surface area contributed by atoms with Crippen molar-refractivity contribution in [2.24, 2.45) is 7.05 Å². The van der Waals surface area contributed by atoms with Crippen molar-refractivity contribution in [3.05, 3.63) is 36.0 Å². The van der Waals surface area contributed by atoms with E-state index in [0.717, 1.165) is 11.0 Å². The van der Waals surface area contributed by atoms with E-state index in [2.05, 4.69) is 36.6 Å². The summed E-state index contributed by atoms with van der Waals surface area (Å²) >= 11 is 0. The number of carbonyl (C=O) groups excluding carboxylic acids is 1. The van der Waals surface area contributed by atoms with Crippen molar-refractivity contribution in [1.82, 2.24) is 14.0 Å². The zero-order valence-electron chi connectivity index (χ0n) is 15.0. The zero-order valence-corrected chi connectivity index (χ0v) is 15.0. The summed E-state index contributed by atoms with van der Waals surface area (Å²) in [4.78, 5) is 14.5. The molecule has 3 rings (SSSR count). The molecule has 0 atom stereocenters. The molecule has 0 unspecified atom stereocenters. The normalized spacial score (nSPS) is 11.8. The Balaban J connectivity index is 2.18. The fourth-order valence-corrected chi connectivity index (χ4v) is 3.39. The van der Waals surface area contributed by atoms with Crippen LogP contribution in [0.4, 0.5) is 0 Å². The maximum Gasteiger partial charge on any atom is 0.270 e. The number of likely N-dealkylation sites (N-methyl/N-ethyl adjacent to an activating group) is 1. The molecule has 0 aliphatic heterocycles. The van der Waals surface area contributed by atoms with Crippen molar-refractivity contribution in [3.63, 3.8) is 0 Å². The van der Waals surface area contributed by atoms with Crippen molar-refractivity contribution in [1.29, 1.82) is 0 Å². The number of hydrogen-bond acceptors (Lipinski definition) is 2. The number of aryl methyl sites for hydroxylation is 1. The molecule has 1 amide bonds. The Bertz CT molecular complexity index is 889. The first-order chi connectivity index (χ1) is 11.5. The molecule has 0 spiro atoms. The molecule has 0 saturated carbocycles. The summed E-state index contributed by atoms with van der Waals surface area (Å²) < 4.78 is 9.39. The van der Waals surface area contributed by atoms with Gasteiger partial charge in [-0.25, -0.2) is 0 Å². The largest absolute Gasteiger partial charge is 0.383 e. The summed E-state index contributed by atoms with van der Waals surface area (Å²) in [5.74, 6) is 0.0186. The molecule has 0 aliphatic carbocycles. The van der Waals surface area contributed by atoms with E-state index >= 15 is 0 Å². The van der Waals surface area contributed by atoms with E-state index < -0.39 is 0 Å². The van der Waals surface area contributed by atoms with E-state index in [1.165, 1.54) is 10.9 Å². The highest BCUT2D eigenvalue weighted by Gasteiger charge is 2.22. The van der Waals surface area contributed by atoms with Crippen molar-refractivity contribution >= 4 is 27.8 Å². The number of ether oxygens (including phenoxy) is 1. The van der Waals surface area contributed by atoms with Crippen LogP contribution < -0.4 is 0 Å². The van der Waals surface area contributed by atoms with E-state index in [1.807, 2.05) is 30.8 Å². The molecule has 5 nitrogen and oxygen atoms in total. The molecule has 2 heterocycles. The maximum absolute atomic E-state index is 12.8. The highest BCUT2D eigenvalue weighted by atomic mass is 16.5. The number of amides is 1. The highest BCUT2D eigenvalue weighted by Crippen LogP contribution is 2.33. The Morgan fingerprint density at radius 2 is 1.96 bits per heavy atom. The molecular weight excluding hydrogens is 302 g/mol. The van der Waals surface area contributed by atoms with E-state index in [9.17, 15) is 4.79 Å². The standard InChI is InChI=1S/C19H25N3O2/c1-13(2)22-15-9-7-6-8-14(15)18-16(22)12-17(21(18)4)19(23)20(3)10-11-24-5/h6-9,12-13H,10-11H2,1-5H3. The van der Waals surface area contributed by atoms with E-state index in [1.54, 1.807) is 12.0 Å². The van der Waals surface area contributed by atoms with Crippen molar-refractivity contribution in [3.8, 4) is 0 Å². The minimum absolute atomic E-state index is 0.0186. The predicted molar refractivity (Wildman–Crippen MR) is 97.6 cm³/mol. The minimum Gasteiger partial charge on any atom is -0.383 e. The van der Waals surface area contributed by atoms with Crippen LogP contribution >= 0.6 is 0 Å². The van der Waals surface area contributed by atoms with Gasteiger partial charge < -0.3 is 18.8 Å². The van der Waals surface area contributed by atoms with Crippen LogP contribution in [0.2, 0.25) is 0 Å². The Morgan fingerprint density at radius 3 is 2.62 bits per heavy atom. The second-order valence-corrected chi connectivity index (χ2v) is 6.52. The fourth-order valence-electron chi connectivity index (χ4n) is 3.39. The average Bonchev–Trinajstić information content (AvgIpc) is 3.06. The van der Waals surface area contributed by atoms with Crippen LogP contribution in [0.1, 0.15) is 30.4 Å². The molecular formula is C19H25N3O2. The third kappa shape index (κ3) is 2.49. The van der Waals surface area contributed by atoms with Gasteiger partial charge in [-0.3, -0.25) is 4.79 Å². The van der Waals surface area contributed by atoms with Gasteiger partial charge in [0.05, 0.1) is 23.2 Å². The fraction of sp³-hybridized carbons (Fsp3) is 0.421. The number of methoxy groups -OCH3 is 1. The molecule has 128 valence electrons. The summed E-state index contributed by atoms with van der Waals surface area (Å²) in [7, 11) is 5.43. The van der Waals surface area contributed by atoms with Crippen LogP contribution in [0.3, 0.4) is 0 Å². The van der Waals surface area contributed by atoms with Crippen molar-refractivity contribution < 1.29 is 9.53 Å². The smallest absolute Gasteiger partial charge is 0.270 e. The topological polar surface area (TPSA) is 39.4 Å². The highest BCUT2D eigenvalue weighted by molar-refractivity contribution is 6.10. The lowest BCUT2D eigenvalue weighted by molar-refractivity contribution is 0.0735. The second-order valence-electron chi connectivity index (χ2n) is 6.52. The van der Waals surface area contributed by atoms with E-state index in [4.69, 9.17) is 4.74 Å². The van der Waals surface area contributed by atoms with Crippen LogP contribution in [-0.4, -0.2) is 47.3 Å². The molecule has 0 radical (unpaired) electrons. The van der Waals surface area contributed by atoms with Gasteiger partial charge in [-0.2, -0.15) is 0 Å². The van der Waals surface area contributed by atoms with Crippen molar-refractivity contribution in [2.75, 3.05) is 27.3 Å². The molecule has 24 heavy (non-hydrogen) atoms. The summed E-state index contributed by atoms with van der Waals surface area (Å²) in [6, 6.07) is 10.7. The predicted octanol–water partition coefficient (Wildman–Crippen LogP) is 3.43. The molecule has 5 heteroatoms. The van der Waals surface area contributed by atoms with Crippen LogP contribution in [0, 0.1) is 0 Å². The summed E-state index contributed by atoms with van der Waals surface area (Å²) in [6.07, 6.45) is 0. The Kier molecular flexibility index (Phi) is 4.37. The maximum atomic E-state index is 12.8. The summed E-state index contributed by atoms with van der Waals surface area (Å²) in [5.41, 5.74) is 4.14. The van der Waals surface area contributed by atoms with Gasteiger partial charge in [0.15, 0.2) is 0 Å². The van der Waals surface area contributed by atoms with E-state index in [-0.39, 0.29) is 5.91 Å². The van der Waals surface area contributed by atoms with Crippen molar-refractivity contribution in [2.45, 2.75) is 19.9 Å². The van der Waals surface area contributed by atoms with E-state index in [0.29, 0.717) is 24.9 Å². The number of hydrogen-bond donors (Lipinski definition) is 0. The quantitative estimate of drug-likeness (QED) is 0.720. The molecule has 1 aromatic carbocycles. The van der Waals surface area contributed by atoms with Gasteiger partial charge in [0, 0.05) is 39.2 Å². The molecule has 0 aliphatic rings. The molecule has 0 bridgehead atoms. The SMILES string of the molecule is COCCN(C)C(=O)c1cc2c(c3ccccc3n2C(C)C)n1C. The minimum atomic E-state index is 0.0186. The number of aromatic nitrogens is 2. The number of carbonyl (C=O) groups is 1. The van der Waals surface area contributed by atoms with Crippen LogP contribution in [0.15, 0.2) is 30.3 Å². The number of para-hydroxylation sites is 1. The Hall–Kier alpha value is -2.27. The number of fused-ring (bicyclic) bond motifs is 3. The Labute approximate surface area is 142 Å². The van der Waals surface area contributed by atoms with Gasteiger partial charge in [0.2, 0.25) is 0 Å². The van der Waals surface area contributed by atoms with Gasteiger partial charge in [0.25, 0.3) is 5.91 Å². The van der Waals surface area contributed by atoms with Gasteiger partial charge in [-0.1, -0.05) is 18.2 Å². The lowest BCUT2D eigenvalue weighted by Gasteiger charge is -2.17. The van der Waals surface area contributed by atoms with Gasteiger partial charge in [-0.15, -0.1) is 0 Å². The van der Waals surface area contributed by atoms with Gasteiger partial charge in [-0.05, 0) is 26.0 Å². The molecule has 3 aromatic rings. The first-order valence-electron chi connectivity index (χ1n) is 8.30. The third-order valence-electron chi connectivity index (χ3n) is 4.60.